The van der Waals surface area contributed by atoms with E-state index >= 15 is 0 Å². The molecule has 7 heteroatoms. The number of nitrogens with zero attached hydrogens (tertiary/aromatic N) is 2. The van der Waals surface area contributed by atoms with Crippen LogP contribution in [0.4, 0.5) is 13.2 Å². The van der Waals surface area contributed by atoms with Crippen LogP contribution in [0.15, 0.2) is 45.9 Å². The summed E-state index contributed by atoms with van der Waals surface area (Å²) in [7, 11) is 0. The Morgan fingerprint density at radius 2 is 2.00 bits per heavy atom. The highest BCUT2D eigenvalue weighted by Gasteiger charge is 2.27. The molecule has 0 bridgehead atoms. The zero-order valence-corrected chi connectivity index (χ0v) is 15.2. The summed E-state index contributed by atoms with van der Waals surface area (Å²) >= 11 is 1.00. The maximum atomic E-state index is 12.8. The monoisotopic (exact) mass is 382 g/mol. The molecule has 140 valence electrons. The van der Waals surface area contributed by atoms with Gasteiger partial charge in [-0.15, -0.1) is 0 Å². The summed E-state index contributed by atoms with van der Waals surface area (Å²) < 4.78 is 39.0. The molecule has 1 aromatic carbocycles. The van der Waals surface area contributed by atoms with Crippen LogP contribution in [-0.4, -0.2) is 21.5 Å². The van der Waals surface area contributed by atoms with Gasteiger partial charge in [-0.25, -0.2) is 4.98 Å². The van der Waals surface area contributed by atoms with Crippen LogP contribution in [0.1, 0.15) is 38.5 Å². The van der Waals surface area contributed by atoms with Gasteiger partial charge in [-0.05, 0) is 44.2 Å². The minimum atomic E-state index is -4.21. The Bertz CT molecular complexity index is 858. The van der Waals surface area contributed by atoms with Crippen LogP contribution in [0.25, 0.3) is 10.9 Å². The molecule has 0 fully saturated rings. The van der Waals surface area contributed by atoms with Crippen molar-refractivity contribution in [3.8, 4) is 0 Å². The summed E-state index contributed by atoms with van der Waals surface area (Å²) in [6.45, 7) is 0.455. The van der Waals surface area contributed by atoms with Crippen LogP contribution in [0, 0.1) is 0 Å². The molecule has 1 aromatic heterocycles. The van der Waals surface area contributed by atoms with Gasteiger partial charge >= 0.3 is 6.18 Å². The quantitative estimate of drug-likeness (QED) is 0.385. The molecule has 0 N–H and O–H groups in total. The number of alkyl halides is 3. The predicted octanol–water partition coefficient (Wildman–Crippen LogP) is 5.33. The first-order chi connectivity index (χ1) is 12.4. The number of fused-ring (bicyclic) bond motifs is 1. The molecule has 0 radical (unpaired) electrons. The standard InChI is InChI=1S/C19H21F3N2OS/c20-19(21,22)11-13-26-18-23-16-9-5-4-8-15(16)17(25)24(18)12-10-14-6-2-1-3-7-14/h4-6,8-9H,1-3,7,10-13H2. The second kappa shape index (κ2) is 8.29. The second-order valence-electron chi connectivity index (χ2n) is 6.44. The molecular formula is C19H21F3N2OS. The summed E-state index contributed by atoms with van der Waals surface area (Å²) in [6, 6.07) is 6.98. The molecule has 26 heavy (non-hydrogen) atoms. The molecule has 3 rings (SSSR count). The number of para-hydroxylation sites is 1. The Kier molecular flexibility index (Phi) is 6.06. The van der Waals surface area contributed by atoms with E-state index in [2.05, 4.69) is 11.1 Å². The topological polar surface area (TPSA) is 34.9 Å². The lowest BCUT2D eigenvalue weighted by molar-refractivity contribution is -0.129. The summed E-state index contributed by atoms with van der Waals surface area (Å²) in [5.41, 5.74) is 1.67. The van der Waals surface area contributed by atoms with Crippen molar-refractivity contribution in [3.05, 3.63) is 46.3 Å². The van der Waals surface area contributed by atoms with Crippen molar-refractivity contribution in [2.45, 2.75) is 56.4 Å². The van der Waals surface area contributed by atoms with Crippen molar-refractivity contribution < 1.29 is 13.2 Å². The van der Waals surface area contributed by atoms with Gasteiger partial charge in [0, 0.05) is 12.3 Å². The largest absolute Gasteiger partial charge is 0.389 e. The molecule has 0 amide bonds. The Hall–Kier alpha value is -1.76. The fraction of sp³-hybridized carbons (Fsp3) is 0.474. The minimum absolute atomic E-state index is 0.142. The van der Waals surface area contributed by atoms with E-state index in [0.29, 0.717) is 22.6 Å². The van der Waals surface area contributed by atoms with E-state index < -0.39 is 12.6 Å². The summed E-state index contributed by atoms with van der Waals surface area (Å²) in [5.74, 6) is -0.142. The summed E-state index contributed by atoms with van der Waals surface area (Å²) in [6.07, 6.45) is 2.31. The molecule has 1 aliphatic rings. The normalized spacial score (nSPS) is 15.3. The number of hydrogen-bond acceptors (Lipinski definition) is 3. The SMILES string of the molecule is O=c1c2ccccc2nc(SCCC(F)(F)F)n1CCC1=CCCCC1. The van der Waals surface area contributed by atoms with Crippen molar-refractivity contribution in [3.63, 3.8) is 0 Å². The lowest BCUT2D eigenvalue weighted by atomic mass is 9.97. The highest BCUT2D eigenvalue weighted by atomic mass is 32.2. The average molecular weight is 382 g/mol. The van der Waals surface area contributed by atoms with Gasteiger partial charge in [0.2, 0.25) is 0 Å². The summed E-state index contributed by atoms with van der Waals surface area (Å²) in [5, 5.41) is 0.875. The second-order valence-corrected chi connectivity index (χ2v) is 7.50. The molecule has 0 aliphatic heterocycles. The van der Waals surface area contributed by atoms with E-state index in [-0.39, 0.29) is 11.3 Å². The molecule has 1 heterocycles. The molecule has 0 saturated carbocycles. The van der Waals surface area contributed by atoms with Crippen molar-refractivity contribution in [2.24, 2.45) is 0 Å². The van der Waals surface area contributed by atoms with E-state index in [1.54, 1.807) is 28.8 Å². The van der Waals surface area contributed by atoms with Gasteiger partial charge in [-0.3, -0.25) is 9.36 Å². The Balaban J connectivity index is 1.87. The molecule has 0 saturated heterocycles. The van der Waals surface area contributed by atoms with Crippen molar-refractivity contribution in [2.75, 3.05) is 5.75 Å². The fourth-order valence-electron chi connectivity index (χ4n) is 3.10. The molecule has 0 atom stereocenters. The summed E-state index contributed by atoms with van der Waals surface area (Å²) in [4.78, 5) is 17.3. The van der Waals surface area contributed by atoms with E-state index in [1.807, 2.05) is 0 Å². The van der Waals surface area contributed by atoms with Gasteiger partial charge in [-0.2, -0.15) is 13.2 Å². The first kappa shape index (κ1) is 19.0. The Morgan fingerprint density at radius 3 is 2.73 bits per heavy atom. The van der Waals surface area contributed by atoms with Crippen LogP contribution in [0.2, 0.25) is 0 Å². The van der Waals surface area contributed by atoms with Crippen molar-refractivity contribution in [1.82, 2.24) is 9.55 Å². The van der Waals surface area contributed by atoms with E-state index in [1.165, 1.54) is 12.0 Å². The number of allylic oxidation sites excluding steroid dienone is 2. The van der Waals surface area contributed by atoms with Crippen LogP contribution >= 0.6 is 11.8 Å². The zero-order chi connectivity index (χ0) is 18.6. The third-order valence-corrected chi connectivity index (χ3v) is 5.46. The average Bonchev–Trinajstić information content (AvgIpc) is 2.61. The van der Waals surface area contributed by atoms with Gasteiger partial charge < -0.3 is 0 Å². The zero-order valence-electron chi connectivity index (χ0n) is 14.4. The lowest BCUT2D eigenvalue weighted by Crippen LogP contribution is -2.24. The maximum Gasteiger partial charge on any atom is 0.389 e. The molecule has 1 aliphatic carbocycles. The third kappa shape index (κ3) is 4.90. The van der Waals surface area contributed by atoms with Gasteiger partial charge in [-0.1, -0.05) is 35.5 Å². The van der Waals surface area contributed by atoms with Gasteiger partial charge in [0.25, 0.3) is 5.56 Å². The van der Waals surface area contributed by atoms with Crippen molar-refractivity contribution in [1.29, 1.82) is 0 Å². The molecule has 2 aromatic rings. The molecule has 3 nitrogen and oxygen atoms in total. The van der Waals surface area contributed by atoms with Crippen LogP contribution in [0.5, 0.6) is 0 Å². The maximum absolute atomic E-state index is 12.8. The number of benzene rings is 1. The third-order valence-electron chi connectivity index (χ3n) is 4.48. The molecular weight excluding hydrogens is 361 g/mol. The van der Waals surface area contributed by atoms with Crippen LogP contribution in [-0.2, 0) is 6.54 Å². The Labute approximate surface area is 154 Å². The van der Waals surface area contributed by atoms with E-state index in [9.17, 15) is 18.0 Å². The lowest BCUT2D eigenvalue weighted by Gasteiger charge is -2.16. The van der Waals surface area contributed by atoms with Gasteiger partial charge in [0.1, 0.15) is 0 Å². The van der Waals surface area contributed by atoms with Crippen molar-refractivity contribution >= 4 is 22.7 Å². The predicted molar refractivity (Wildman–Crippen MR) is 98.6 cm³/mol. The van der Waals surface area contributed by atoms with E-state index in [0.717, 1.165) is 37.4 Å². The Morgan fingerprint density at radius 1 is 1.19 bits per heavy atom. The number of thioether (sulfide) groups is 1. The molecule has 0 spiro atoms. The first-order valence-electron chi connectivity index (χ1n) is 8.81. The van der Waals surface area contributed by atoms with Crippen LogP contribution < -0.4 is 5.56 Å². The van der Waals surface area contributed by atoms with Gasteiger partial charge in [0.15, 0.2) is 5.16 Å². The van der Waals surface area contributed by atoms with Crippen LogP contribution in [0.3, 0.4) is 0 Å². The van der Waals surface area contributed by atoms with E-state index in [4.69, 9.17) is 0 Å². The number of hydrogen-bond donors (Lipinski definition) is 0. The molecule has 0 unspecified atom stereocenters. The fourth-order valence-corrected chi connectivity index (χ4v) is 4.11. The number of aromatic nitrogens is 2. The minimum Gasteiger partial charge on any atom is -0.287 e. The smallest absolute Gasteiger partial charge is 0.287 e. The highest BCUT2D eigenvalue weighted by molar-refractivity contribution is 7.99. The van der Waals surface area contributed by atoms with Gasteiger partial charge in [0.05, 0.1) is 17.3 Å². The first-order valence-corrected chi connectivity index (χ1v) is 9.80. The number of rotatable bonds is 6. The number of halogens is 3. The highest BCUT2D eigenvalue weighted by Crippen LogP contribution is 2.26.